The molecular formula is C8H7LiO3. The molecule has 0 spiro atoms. The number of carboxylic acid groups (broad SMARTS) is 1. The van der Waals surface area contributed by atoms with Crippen molar-refractivity contribution in [2.75, 3.05) is 0 Å². The number of hydrogen-bond acceptors (Lipinski definition) is 3. The largest absolute Gasteiger partial charge is 1.00 e. The molecule has 58 valence electrons. The van der Waals surface area contributed by atoms with Gasteiger partial charge in [-0.25, -0.2) is 0 Å². The van der Waals surface area contributed by atoms with Gasteiger partial charge in [0.1, 0.15) is 6.10 Å². The van der Waals surface area contributed by atoms with E-state index in [0.717, 1.165) is 0 Å². The zero-order valence-electron chi connectivity index (χ0n) is 6.73. The van der Waals surface area contributed by atoms with E-state index in [1.54, 1.807) is 18.2 Å². The van der Waals surface area contributed by atoms with Crippen molar-refractivity contribution in [3.8, 4) is 0 Å². The number of aliphatic hydroxyl groups excluding tert-OH is 1. The maximum absolute atomic E-state index is 10.1. The molecule has 0 saturated heterocycles. The summed E-state index contributed by atoms with van der Waals surface area (Å²) in [5, 5.41) is 19.1. The average molecular weight is 158 g/mol. The van der Waals surface area contributed by atoms with Gasteiger partial charge in [0, 0.05) is 0 Å². The second-order valence-electron chi connectivity index (χ2n) is 2.13. The van der Waals surface area contributed by atoms with Crippen molar-refractivity contribution in [1.82, 2.24) is 0 Å². The minimum Gasteiger partial charge on any atom is -0.547 e. The number of rotatable bonds is 2. The first-order chi connectivity index (χ1) is 5.22. The average Bonchev–Trinajstić information content (AvgIpc) is 2.05. The number of carbonyl (C=O) groups excluding carboxylic acids is 1. The Morgan fingerprint density at radius 2 is 1.83 bits per heavy atom. The van der Waals surface area contributed by atoms with Gasteiger partial charge in [-0.1, -0.05) is 30.3 Å². The van der Waals surface area contributed by atoms with Gasteiger partial charge >= 0.3 is 18.9 Å². The van der Waals surface area contributed by atoms with Crippen molar-refractivity contribution >= 4 is 5.97 Å². The van der Waals surface area contributed by atoms with E-state index in [4.69, 9.17) is 5.11 Å². The van der Waals surface area contributed by atoms with E-state index in [1.165, 1.54) is 12.1 Å². The Labute approximate surface area is 82.2 Å². The van der Waals surface area contributed by atoms with Gasteiger partial charge < -0.3 is 15.0 Å². The van der Waals surface area contributed by atoms with Gasteiger partial charge in [0.05, 0.1) is 5.97 Å². The molecular weight excluding hydrogens is 151 g/mol. The summed E-state index contributed by atoms with van der Waals surface area (Å²) in [5.41, 5.74) is 0.340. The van der Waals surface area contributed by atoms with Crippen LogP contribution in [-0.2, 0) is 4.79 Å². The molecule has 4 heteroatoms. The Hall–Kier alpha value is -0.753. The Bertz CT molecular complexity index is 248. The van der Waals surface area contributed by atoms with Crippen LogP contribution in [0.4, 0.5) is 0 Å². The molecule has 1 unspecified atom stereocenters. The van der Waals surface area contributed by atoms with Gasteiger partial charge in [-0.2, -0.15) is 0 Å². The molecule has 0 aliphatic rings. The maximum atomic E-state index is 10.1. The first-order valence-electron chi connectivity index (χ1n) is 3.15. The first kappa shape index (κ1) is 11.2. The van der Waals surface area contributed by atoms with Crippen molar-refractivity contribution in [3.05, 3.63) is 35.9 Å². The van der Waals surface area contributed by atoms with E-state index in [1.807, 2.05) is 0 Å². The number of hydrogen-bond donors (Lipinski definition) is 1. The van der Waals surface area contributed by atoms with Crippen LogP contribution < -0.4 is 24.0 Å². The molecule has 0 bridgehead atoms. The third-order valence-corrected chi connectivity index (χ3v) is 1.34. The molecule has 0 aliphatic heterocycles. The number of aliphatic carboxylic acids is 1. The molecule has 1 rings (SSSR count). The van der Waals surface area contributed by atoms with Crippen LogP contribution in [0.15, 0.2) is 30.3 Å². The van der Waals surface area contributed by atoms with Crippen LogP contribution in [0, 0.1) is 0 Å². The molecule has 0 aromatic heterocycles. The van der Waals surface area contributed by atoms with Crippen LogP contribution in [0.2, 0.25) is 0 Å². The van der Waals surface area contributed by atoms with E-state index in [0.29, 0.717) is 5.56 Å². The number of benzene rings is 1. The molecule has 1 atom stereocenters. The van der Waals surface area contributed by atoms with Crippen LogP contribution >= 0.6 is 0 Å². The van der Waals surface area contributed by atoms with Crippen molar-refractivity contribution in [2.24, 2.45) is 0 Å². The molecule has 0 saturated carbocycles. The van der Waals surface area contributed by atoms with Crippen molar-refractivity contribution < 1.29 is 33.9 Å². The summed E-state index contributed by atoms with van der Waals surface area (Å²) in [5.74, 6) is -1.48. The zero-order valence-corrected chi connectivity index (χ0v) is 6.73. The van der Waals surface area contributed by atoms with E-state index in [-0.39, 0.29) is 18.9 Å². The van der Waals surface area contributed by atoms with E-state index >= 15 is 0 Å². The van der Waals surface area contributed by atoms with Crippen LogP contribution in [0.25, 0.3) is 0 Å². The molecule has 0 heterocycles. The Morgan fingerprint density at radius 1 is 1.33 bits per heavy atom. The number of aliphatic hydroxyl groups is 1. The minimum atomic E-state index is -1.52. The Kier molecular flexibility index (Phi) is 4.68. The number of carboxylic acids is 1. The van der Waals surface area contributed by atoms with Crippen molar-refractivity contribution in [3.63, 3.8) is 0 Å². The molecule has 3 nitrogen and oxygen atoms in total. The second-order valence-corrected chi connectivity index (χ2v) is 2.13. The summed E-state index contributed by atoms with van der Waals surface area (Å²) in [7, 11) is 0. The third-order valence-electron chi connectivity index (χ3n) is 1.34. The number of carbonyl (C=O) groups is 1. The summed E-state index contributed by atoms with van der Waals surface area (Å²) < 4.78 is 0. The second kappa shape index (κ2) is 4.99. The van der Waals surface area contributed by atoms with Crippen molar-refractivity contribution in [1.29, 1.82) is 0 Å². The van der Waals surface area contributed by atoms with Gasteiger partial charge in [0.15, 0.2) is 0 Å². The molecule has 0 radical (unpaired) electrons. The predicted octanol–water partition coefficient (Wildman–Crippen LogP) is -3.53. The Morgan fingerprint density at radius 3 is 2.25 bits per heavy atom. The minimum absolute atomic E-state index is 0. The normalized spacial score (nSPS) is 11.4. The Balaban J connectivity index is 0.00000121. The fraction of sp³-hybridized carbons (Fsp3) is 0.125. The van der Waals surface area contributed by atoms with Crippen molar-refractivity contribution in [2.45, 2.75) is 6.10 Å². The third kappa shape index (κ3) is 2.71. The van der Waals surface area contributed by atoms with Crippen LogP contribution in [-0.4, -0.2) is 11.1 Å². The van der Waals surface area contributed by atoms with Crippen LogP contribution in [0.5, 0.6) is 0 Å². The summed E-state index contributed by atoms with van der Waals surface area (Å²) >= 11 is 0. The maximum Gasteiger partial charge on any atom is 1.00 e. The predicted molar refractivity (Wildman–Crippen MR) is 36.4 cm³/mol. The molecule has 1 N–H and O–H groups in total. The van der Waals surface area contributed by atoms with E-state index < -0.39 is 12.1 Å². The summed E-state index contributed by atoms with van der Waals surface area (Å²) in [6.45, 7) is 0. The van der Waals surface area contributed by atoms with Gasteiger partial charge in [0.25, 0.3) is 0 Å². The molecule has 1 aromatic carbocycles. The van der Waals surface area contributed by atoms with Gasteiger partial charge in [-0.15, -0.1) is 0 Å². The SMILES string of the molecule is O=C([O-])C(O)c1ccccc1.[Li+]. The molecule has 1 aromatic rings. The summed E-state index contributed by atoms with van der Waals surface area (Å²) in [4.78, 5) is 10.1. The molecule has 0 fully saturated rings. The quantitative estimate of drug-likeness (QED) is 0.454. The molecule has 0 amide bonds. The smallest absolute Gasteiger partial charge is 0.547 e. The van der Waals surface area contributed by atoms with Gasteiger partial charge in [0.2, 0.25) is 0 Å². The fourth-order valence-electron chi connectivity index (χ4n) is 0.771. The summed E-state index contributed by atoms with van der Waals surface area (Å²) in [6, 6.07) is 8.11. The van der Waals surface area contributed by atoms with Gasteiger partial charge in [-0.3, -0.25) is 0 Å². The molecule has 12 heavy (non-hydrogen) atoms. The van der Waals surface area contributed by atoms with E-state index in [2.05, 4.69) is 0 Å². The molecule has 0 aliphatic carbocycles. The zero-order chi connectivity index (χ0) is 8.27. The van der Waals surface area contributed by atoms with E-state index in [9.17, 15) is 9.90 Å². The fourth-order valence-corrected chi connectivity index (χ4v) is 0.771. The van der Waals surface area contributed by atoms with Crippen LogP contribution in [0.1, 0.15) is 11.7 Å². The van der Waals surface area contributed by atoms with Crippen LogP contribution in [0.3, 0.4) is 0 Å². The van der Waals surface area contributed by atoms with Gasteiger partial charge in [-0.05, 0) is 5.56 Å². The summed E-state index contributed by atoms with van der Waals surface area (Å²) in [6.07, 6.45) is -1.52. The standard InChI is InChI=1S/C8H8O3.Li/c9-7(8(10)11)6-4-2-1-3-5-6;/h1-5,7,9H,(H,10,11);/q;+1/p-1. The topological polar surface area (TPSA) is 60.4 Å². The monoisotopic (exact) mass is 158 g/mol. The first-order valence-corrected chi connectivity index (χ1v) is 3.15.